The molecule has 90 valence electrons. The highest BCUT2D eigenvalue weighted by Crippen LogP contribution is 2.28. The average Bonchev–Trinajstić information content (AvgIpc) is 2.25. The highest BCUT2D eigenvalue weighted by atomic mass is 79.9. The van der Waals surface area contributed by atoms with Crippen molar-refractivity contribution < 1.29 is 4.74 Å². The first-order valence-electron chi connectivity index (χ1n) is 5.31. The molecule has 1 aromatic carbocycles. The molecule has 4 heteroatoms. The summed E-state index contributed by atoms with van der Waals surface area (Å²) in [6.07, 6.45) is 0. The van der Waals surface area contributed by atoms with Crippen molar-refractivity contribution in [3.8, 4) is 0 Å². The number of rotatable bonds is 5. The number of hydrogen-bond acceptors (Lipinski definition) is 3. The van der Waals surface area contributed by atoms with Gasteiger partial charge in [0.25, 0.3) is 0 Å². The van der Waals surface area contributed by atoms with E-state index in [1.165, 1.54) is 0 Å². The van der Waals surface area contributed by atoms with Crippen molar-refractivity contribution in [3.05, 3.63) is 28.2 Å². The Morgan fingerprint density at radius 2 is 2.19 bits per heavy atom. The molecule has 0 fully saturated rings. The summed E-state index contributed by atoms with van der Waals surface area (Å²) in [6, 6.07) is 6.28. The monoisotopic (exact) mass is 286 g/mol. The predicted molar refractivity (Wildman–Crippen MR) is 71.9 cm³/mol. The first-order chi connectivity index (χ1) is 7.56. The molecule has 0 aromatic heterocycles. The summed E-state index contributed by atoms with van der Waals surface area (Å²) in [6.45, 7) is 3.57. The van der Waals surface area contributed by atoms with Crippen molar-refractivity contribution in [2.45, 2.75) is 13.0 Å². The zero-order chi connectivity index (χ0) is 12.1. The Morgan fingerprint density at radius 3 is 2.69 bits per heavy atom. The van der Waals surface area contributed by atoms with E-state index in [-0.39, 0.29) is 6.04 Å². The van der Waals surface area contributed by atoms with Gasteiger partial charge in [-0.2, -0.15) is 0 Å². The zero-order valence-electron chi connectivity index (χ0n) is 10.0. The molecule has 0 unspecified atom stereocenters. The molecule has 3 nitrogen and oxygen atoms in total. The van der Waals surface area contributed by atoms with Crippen LogP contribution in [-0.4, -0.2) is 27.3 Å². The van der Waals surface area contributed by atoms with E-state index in [2.05, 4.69) is 39.0 Å². The lowest BCUT2D eigenvalue weighted by Crippen LogP contribution is -2.22. The summed E-state index contributed by atoms with van der Waals surface area (Å²) < 4.78 is 6.13. The third-order valence-corrected chi connectivity index (χ3v) is 3.17. The minimum Gasteiger partial charge on any atom is -0.383 e. The number of nitrogens with two attached hydrogens (primary N) is 1. The molecule has 1 aromatic rings. The van der Waals surface area contributed by atoms with Gasteiger partial charge in [-0.05, 0) is 40.5 Å². The number of likely N-dealkylation sites (N-methyl/N-ethyl adjacent to an activating group) is 1. The molecule has 0 spiro atoms. The van der Waals surface area contributed by atoms with Crippen LogP contribution in [0, 0.1) is 0 Å². The molecule has 16 heavy (non-hydrogen) atoms. The van der Waals surface area contributed by atoms with E-state index in [0.717, 1.165) is 28.9 Å². The fourth-order valence-corrected chi connectivity index (χ4v) is 2.16. The number of methoxy groups -OCH3 is 1. The molecule has 1 rings (SSSR count). The zero-order valence-corrected chi connectivity index (χ0v) is 11.6. The minimum absolute atomic E-state index is 0.0645. The van der Waals surface area contributed by atoms with Gasteiger partial charge in [0.15, 0.2) is 0 Å². The summed E-state index contributed by atoms with van der Waals surface area (Å²) in [5.41, 5.74) is 8.12. The lowest BCUT2D eigenvalue weighted by molar-refractivity contribution is 0.206. The van der Waals surface area contributed by atoms with Crippen LogP contribution in [0.25, 0.3) is 0 Å². The molecule has 0 amide bonds. The van der Waals surface area contributed by atoms with E-state index in [1.807, 2.05) is 14.0 Å². The third kappa shape index (κ3) is 3.47. The van der Waals surface area contributed by atoms with E-state index in [4.69, 9.17) is 10.5 Å². The molecule has 1 atom stereocenters. The number of anilines is 1. The number of benzene rings is 1. The van der Waals surface area contributed by atoms with Gasteiger partial charge in [0, 0.05) is 31.2 Å². The fourth-order valence-electron chi connectivity index (χ4n) is 1.46. The Morgan fingerprint density at radius 1 is 1.50 bits per heavy atom. The van der Waals surface area contributed by atoms with Crippen LogP contribution in [0.1, 0.15) is 18.5 Å². The number of nitrogens with zero attached hydrogens (tertiary/aromatic N) is 1. The maximum atomic E-state index is 5.83. The van der Waals surface area contributed by atoms with Crippen LogP contribution in [0.3, 0.4) is 0 Å². The number of hydrogen-bond donors (Lipinski definition) is 1. The van der Waals surface area contributed by atoms with Gasteiger partial charge in [0.1, 0.15) is 0 Å². The van der Waals surface area contributed by atoms with Crippen molar-refractivity contribution in [3.63, 3.8) is 0 Å². The maximum absolute atomic E-state index is 5.83. The van der Waals surface area contributed by atoms with Gasteiger partial charge in [-0.15, -0.1) is 0 Å². The molecular formula is C12H19BrN2O. The summed E-state index contributed by atoms with van der Waals surface area (Å²) >= 11 is 3.57. The van der Waals surface area contributed by atoms with Gasteiger partial charge in [-0.25, -0.2) is 0 Å². The normalized spacial score (nSPS) is 12.6. The second-order valence-electron chi connectivity index (χ2n) is 3.91. The van der Waals surface area contributed by atoms with Gasteiger partial charge >= 0.3 is 0 Å². The van der Waals surface area contributed by atoms with Crippen LogP contribution in [-0.2, 0) is 4.74 Å². The highest BCUT2D eigenvalue weighted by molar-refractivity contribution is 9.10. The van der Waals surface area contributed by atoms with E-state index < -0.39 is 0 Å². The van der Waals surface area contributed by atoms with Crippen molar-refractivity contribution in [2.75, 3.05) is 32.2 Å². The van der Waals surface area contributed by atoms with Crippen LogP contribution in [0.2, 0.25) is 0 Å². The van der Waals surface area contributed by atoms with Crippen LogP contribution in [0.5, 0.6) is 0 Å². The predicted octanol–water partition coefficient (Wildman–Crippen LogP) is 2.55. The van der Waals surface area contributed by atoms with Gasteiger partial charge in [0.2, 0.25) is 0 Å². The van der Waals surface area contributed by atoms with Crippen molar-refractivity contribution in [2.24, 2.45) is 5.73 Å². The van der Waals surface area contributed by atoms with Crippen LogP contribution in [0.15, 0.2) is 22.7 Å². The highest BCUT2D eigenvalue weighted by Gasteiger charge is 2.07. The first kappa shape index (κ1) is 13.5. The average molecular weight is 287 g/mol. The van der Waals surface area contributed by atoms with Crippen LogP contribution >= 0.6 is 15.9 Å². The standard InChI is InChI=1S/C12H19BrN2O/c1-9(14)10-4-5-12(11(13)8-10)15(2)6-7-16-3/h4-5,8-9H,6-7,14H2,1-3H3/t9-/m1/s1. The van der Waals surface area contributed by atoms with Gasteiger partial charge in [-0.3, -0.25) is 0 Å². The topological polar surface area (TPSA) is 38.5 Å². The molecule has 0 aliphatic heterocycles. The smallest absolute Gasteiger partial charge is 0.0637 e. The van der Waals surface area contributed by atoms with Crippen molar-refractivity contribution in [1.82, 2.24) is 0 Å². The Bertz CT molecular complexity index is 342. The van der Waals surface area contributed by atoms with Crippen LogP contribution < -0.4 is 10.6 Å². The quantitative estimate of drug-likeness (QED) is 0.904. The fraction of sp³-hybridized carbons (Fsp3) is 0.500. The van der Waals surface area contributed by atoms with Crippen LogP contribution in [0.4, 0.5) is 5.69 Å². The Hall–Kier alpha value is -0.580. The SMILES string of the molecule is COCCN(C)c1ccc([C@@H](C)N)cc1Br. The second-order valence-corrected chi connectivity index (χ2v) is 4.77. The Kier molecular flexibility index (Phi) is 5.25. The molecule has 0 aliphatic rings. The molecule has 0 aliphatic carbocycles. The van der Waals surface area contributed by atoms with Crippen molar-refractivity contribution >= 4 is 21.6 Å². The lowest BCUT2D eigenvalue weighted by Gasteiger charge is -2.21. The molecule has 2 N–H and O–H groups in total. The molecule has 0 saturated heterocycles. The lowest BCUT2D eigenvalue weighted by atomic mass is 10.1. The number of ether oxygens (including phenoxy) is 1. The van der Waals surface area contributed by atoms with Gasteiger partial charge in [0.05, 0.1) is 12.3 Å². The Labute approximate surface area is 106 Å². The summed E-state index contributed by atoms with van der Waals surface area (Å²) in [5, 5.41) is 0. The molecule has 0 heterocycles. The third-order valence-electron chi connectivity index (χ3n) is 2.54. The first-order valence-corrected chi connectivity index (χ1v) is 6.10. The largest absolute Gasteiger partial charge is 0.383 e. The van der Waals surface area contributed by atoms with Crippen molar-refractivity contribution in [1.29, 1.82) is 0 Å². The number of halogens is 1. The summed E-state index contributed by atoms with van der Waals surface area (Å²) in [5.74, 6) is 0. The molecule has 0 saturated carbocycles. The van der Waals surface area contributed by atoms with E-state index >= 15 is 0 Å². The van der Waals surface area contributed by atoms with E-state index in [1.54, 1.807) is 7.11 Å². The maximum Gasteiger partial charge on any atom is 0.0637 e. The second kappa shape index (κ2) is 6.23. The van der Waals surface area contributed by atoms with E-state index in [9.17, 15) is 0 Å². The Balaban J connectivity index is 2.81. The summed E-state index contributed by atoms with van der Waals surface area (Å²) in [7, 11) is 3.76. The molecule has 0 radical (unpaired) electrons. The minimum atomic E-state index is 0.0645. The van der Waals surface area contributed by atoms with Gasteiger partial charge < -0.3 is 15.4 Å². The molecular weight excluding hydrogens is 268 g/mol. The van der Waals surface area contributed by atoms with Gasteiger partial charge in [-0.1, -0.05) is 6.07 Å². The van der Waals surface area contributed by atoms with E-state index in [0.29, 0.717) is 0 Å². The molecule has 0 bridgehead atoms. The summed E-state index contributed by atoms with van der Waals surface area (Å²) in [4.78, 5) is 2.15.